The van der Waals surface area contributed by atoms with Gasteiger partial charge >= 0.3 is 5.97 Å². The molecule has 7 nitrogen and oxygen atoms in total. The number of aromatic amines is 1. The molecule has 0 aliphatic rings. The Morgan fingerprint density at radius 1 is 1.04 bits per heavy atom. The molecule has 7 heteroatoms. The van der Waals surface area contributed by atoms with E-state index in [1.54, 1.807) is 48.5 Å². The molecule has 3 rings (SSSR count). The zero-order valence-corrected chi connectivity index (χ0v) is 15.3. The van der Waals surface area contributed by atoms with E-state index in [1.165, 1.54) is 19.9 Å². The van der Waals surface area contributed by atoms with Gasteiger partial charge in [0, 0.05) is 10.9 Å². The summed E-state index contributed by atoms with van der Waals surface area (Å²) in [6, 6.07) is 14.9. The third kappa shape index (κ3) is 3.98. The van der Waals surface area contributed by atoms with Crippen LogP contribution in [0.15, 0.2) is 59.4 Å². The SMILES string of the molecule is CC(=O)c1ccccc1NC(=O)[C@H](C)OC(=O)c1cc2ccccc2c(=O)[nH]1. The van der Waals surface area contributed by atoms with Crippen LogP contribution in [0, 0.1) is 0 Å². The molecule has 0 unspecified atom stereocenters. The van der Waals surface area contributed by atoms with Crippen molar-refractivity contribution in [3.05, 3.63) is 76.2 Å². The number of nitrogens with one attached hydrogen (secondary N) is 2. The second-order valence-electron chi connectivity index (χ2n) is 6.24. The lowest BCUT2D eigenvalue weighted by molar-refractivity contribution is -0.123. The number of anilines is 1. The molecule has 1 amide bonds. The summed E-state index contributed by atoms with van der Waals surface area (Å²) >= 11 is 0. The third-order valence-corrected chi connectivity index (χ3v) is 4.19. The van der Waals surface area contributed by atoms with Crippen molar-refractivity contribution in [2.45, 2.75) is 20.0 Å². The molecule has 3 aromatic rings. The number of fused-ring (bicyclic) bond motifs is 1. The van der Waals surface area contributed by atoms with Crippen molar-refractivity contribution in [3.63, 3.8) is 0 Å². The monoisotopic (exact) mass is 378 g/mol. The number of para-hydroxylation sites is 1. The van der Waals surface area contributed by atoms with Crippen LogP contribution in [0.2, 0.25) is 0 Å². The summed E-state index contributed by atoms with van der Waals surface area (Å²) in [5.41, 5.74) is 0.222. The molecule has 0 saturated heterocycles. The highest BCUT2D eigenvalue weighted by molar-refractivity contribution is 6.05. The van der Waals surface area contributed by atoms with Gasteiger partial charge in [0.15, 0.2) is 11.9 Å². The fraction of sp³-hybridized carbons (Fsp3) is 0.143. The molecular weight excluding hydrogens is 360 g/mol. The van der Waals surface area contributed by atoms with Gasteiger partial charge in [-0.05, 0) is 43.5 Å². The summed E-state index contributed by atoms with van der Waals surface area (Å²) in [5, 5.41) is 3.62. The molecule has 0 bridgehead atoms. The molecule has 1 atom stereocenters. The fourth-order valence-corrected chi connectivity index (χ4v) is 2.73. The van der Waals surface area contributed by atoms with Crippen LogP contribution >= 0.6 is 0 Å². The van der Waals surface area contributed by atoms with Crippen LogP contribution in [0.3, 0.4) is 0 Å². The molecule has 1 heterocycles. The molecule has 0 saturated carbocycles. The van der Waals surface area contributed by atoms with Crippen molar-refractivity contribution in [1.29, 1.82) is 0 Å². The van der Waals surface area contributed by atoms with Gasteiger partial charge in [-0.25, -0.2) is 4.79 Å². The average Bonchev–Trinajstić information content (AvgIpc) is 2.68. The minimum Gasteiger partial charge on any atom is -0.448 e. The van der Waals surface area contributed by atoms with Crippen molar-refractivity contribution in [3.8, 4) is 0 Å². The minimum absolute atomic E-state index is 0.0486. The van der Waals surface area contributed by atoms with E-state index in [1.807, 2.05) is 0 Å². The Bertz CT molecular complexity index is 1130. The predicted molar refractivity (Wildman–Crippen MR) is 105 cm³/mol. The van der Waals surface area contributed by atoms with Crippen molar-refractivity contribution in [1.82, 2.24) is 4.98 Å². The molecule has 0 aliphatic carbocycles. The van der Waals surface area contributed by atoms with E-state index >= 15 is 0 Å². The lowest BCUT2D eigenvalue weighted by Crippen LogP contribution is -2.31. The first kappa shape index (κ1) is 19.0. The van der Waals surface area contributed by atoms with Gasteiger partial charge < -0.3 is 15.0 Å². The van der Waals surface area contributed by atoms with E-state index in [-0.39, 0.29) is 11.5 Å². The summed E-state index contributed by atoms with van der Waals surface area (Å²) < 4.78 is 5.17. The first-order chi connectivity index (χ1) is 13.4. The second-order valence-corrected chi connectivity index (χ2v) is 6.24. The maximum atomic E-state index is 12.4. The van der Waals surface area contributed by atoms with Crippen LogP contribution in [-0.4, -0.2) is 28.7 Å². The molecule has 2 aromatic carbocycles. The number of amides is 1. The molecule has 0 fully saturated rings. The highest BCUT2D eigenvalue weighted by atomic mass is 16.5. The lowest BCUT2D eigenvalue weighted by Gasteiger charge is -2.15. The highest BCUT2D eigenvalue weighted by Crippen LogP contribution is 2.16. The number of Topliss-reactive ketones (excluding diaryl/α,β-unsaturated/α-hetero) is 1. The summed E-state index contributed by atoms with van der Waals surface area (Å²) in [6.07, 6.45) is -1.14. The van der Waals surface area contributed by atoms with Gasteiger partial charge in [-0.3, -0.25) is 14.4 Å². The molecule has 0 aliphatic heterocycles. The van der Waals surface area contributed by atoms with Gasteiger partial charge in [0.05, 0.1) is 5.69 Å². The number of carbonyl (C=O) groups excluding carboxylic acids is 3. The summed E-state index contributed by atoms with van der Waals surface area (Å²) in [7, 11) is 0. The third-order valence-electron chi connectivity index (χ3n) is 4.19. The van der Waals surface area contributed by atoms with E-state index in [2.05, 4.69) is 10.3 Å². The predicted octanol–water partition coefficient (Wildman–Crippen LogP) is 2.91. The molecule has 1 aromatic heterocycles. The standard InChI is InChI=1S/C21H18N2O5/c1-12(24)15-8-5-6-10-17(15)22-19(25)13(2)28-21(27)18-11-14-7-3-4-9-16(14)20(26)23-18/h3-11,13H,1-2H3,(H,22,25)(H,23,26)/t13-/m0/s1. The van der Waals surface area contributed by atoms with Crippen molar-refractivity contribution in [2.24, 2.45) is 0 Å². The van der Waals surface area contributed by atoms with Crippen LogP contribution in [0.1, 0.15) is 34.7 Å². The number of esters is 1. The maximum Gasteiger partial charge on any atom is 0.355 e. The van der Waals surface area contributed by atoms with Gasteiger partial charge in [-0.15, -0.1) is 0 Å². The zero-order valence-electron chi connectivity index (χ0n) is 15.3. The molecular formula is C21H18N2O5. The number of ether oxygens (including phenoxy) is 1. The summed E-state index contributed by atoms with van der Waals surface area (Å²) in [4.78, 5) is 50.9. The van der Waals surface area contributed by atoms with Gasteiger partial charge in [-0.1, -0.05) is 30.3 Å². The van der Waals surface area contributed by atoms with Gasteiger partial charge in [0.25, 0.3) is 11.5 Å². The normalized spacial score (nSPS) is 11.6. The first-order valence-corrected chi connectivity index (χ1v) is 8.60. The first-order valence-electron chi connectivity index (χ1n) is 8.60. The van der Waals surface area contributed by atoms with Gasteiger partial charge in [0.2, 0.25) is 0 Å². The van der Waals surface area contributed by atoms with Crippen molar-refractivity contribution in [2.75, 3.05) is 5.32 Å². The van der Waals surface area contributed by atoms with E-state index in [0.717, 1.165) is 0 Å². The van der Waals surface area contributed by atoms with E-state index in [9.17, 15) is 19.2 Å². The quantitative estimate of drug-likeness (QED) is 0.525. The number of benzene rings is 2. The Balaban J connectivity index is 1.75. The zero-order chi connectivity index (χ0) is 20.3. The summed E-state index contributed by atoms with van der Waals surface area (Å²) in [6.45, 7) is 2.80. The number of hydrogen-bond acceptors (Lipinski definition) is 5. The number of aromatic nitrogens is 1. The largest absolute Gasteiger partial charge is 0.448 e. The van der Waals surface area contributed by atoms with Gasteiger partial charge in [0.1, 0.15) is 5.69 Å². The lowest BCUT2D eigenvalue weighted by atomic mass is 10.1. The minimum atomic E-state index is -1.14. The fourth-order valence-electron chi connectivity index (χ4n) is 2.73. The molecule has 142 valence electrons. The van der Waals surface area contributed by atoms with Crippen LogP contribution < -0.4 is 10.9 Å². The Labute approximate surface area is 160 Å². The molecule has 2 N–H and O–H groups in total. The Morgan fingerprint density at radius 2 is 1.71 bits per heavy atom. The topological polar surface area (TPSA) is 105 Å². The van der Waals surface area contributed by atoms with Crippen LogP contribution in [0.4, 0.5) is 5.69 Å². The smallest absolute Gasteiger partial charge is 0.355 e. The van der Waals surface area contributed by atoms with E-state index < -0.39 is 23.5 Å². The molecule has 0 spiro atoms. The Morgan fingerprint density at radius 3 is 2.46 bits per heavy atom. The van der Waals surface area contributed by atoms with Crippen LogP contribution in [-0.2, 0) is 9.53 Å². The highest BCUT2D eigenvalue weighted by Gasteiger charge is 2.21. The number of carbonyl (C=O) groups is 3. The van der Waals surface area contributed by atoms with Crippen molar-refractivity contribution >= 4 is 34.1 Å². The summed E-state index contributed by atoms with van der Waals surface area (Å²) in [5.74, 6) is -1.62. The second kappa shape index (κ2) is 7.87. The van der Waals surface area contributed by atoms with E-state index in [4.69, 9.17) is 4.74 Å². The van der Waals surface area contributed by atoms with E-state index in [0.29, 0.717) is 22.0 Å². The number of H-pyrrole nitrogens is 1. The van der Waals surface area contributed by atoms with Crippen molar-refractivity contribution < 1.29 is 19.1 Å². The number of ketones is 1. The van der Waals surface area contributed by atoms with Gasteiger partial charge in [-0.2, -0.15) is 0 Å². The maximum absolute atomic E-state index is 12.4. The molecule has 28 heavy (non-hydrogen) atoms. The van der Waals surface area contributed by atoms with Crippen LogP contribution in [0.5, 0.6) is 0 Å². The number of hydrogen-bond donors (Lipinski definition) is 2. The number of pyridine rings is 1. The Hall–Kier alpha value is -3.74. The Kier molecular flexibility index (Phi) is 5.35. The van der Waals surface area contributed by atoms with Crippen LogP contribution in [0.25, 0.3) is 10.8 Å². The average molecular weight is 378 g/mol. The number of rotatable bonds is 5. The molecule has 0 radical (unpaired) electrons.